The first kappa shape index (κ1) is 12.3. The Morgan fingerprint density at radius 2 is 1.94 bits per heavy atom. The average Bonchev–Trinajstić information content (AvgIpc) is 2.73. The van der Waals surface area contributed by atoms with Crippen molar-refractivity contribution in [3.63, 3.8) is 0 Å². The van der Waals surface area contributed by atoms with Crippen molar-refractivity contribution in [1.82, 2.24) is 9.88 Å². The predicted octanol–water partition coefficient (Wildman–Crippen LogP) is 3.89. The molecule has 1 aliphatic rings. The van der Waals surface area contributed by atoms with Crippen molar-refractivity contribution in [1.29, 1.82) is 0 Å². The second kappa shape index (κ2) is 4.44. The standard InChI is InChI=1S/C14H16Cl2N2/c1-18(2)8-3-6-12-9(7-8)13-10(15)4-5-11(16)14(13)17-12/h4-5,8,17H,3,6-7H2,1-2H3. The van der Waals surface area contributed by atoms with Gasteiger partial charge in [0.05, 0.1) is 15.6 Å². The second-order valence-electron chi connectivity index (χ2n) is 5.22. The Hall–Kier alpha value is -0.700. The van der Waals surface area contributed by atoms with Gasteiger partial charge in [0.2, 0.25) is 0 Å². The number of hydrogen-bond donors (Lipinski definition) is 1. The van der Waals surface area contributed by atoms with E-state index >= 15 is 0 Å². The van der Waals surface area contributed by atoms with Gasteiger partial charge >= 0.3 is 0 Å². The summed E-state index contributed by atoms with van der Waals surface area (Å²) in [4.78, 5) is 5.74. The Morgan fingerprint density at radius 3 is 2.67 bits per heavy atom. The zero-order valence-electron chi connectivity index (χ0n) is 10.6. The van der Waals surface area contributed by atoms with Crippen LogP contribution >= 0.6 is 23.2 Å². The second-order valence-corrected chi connectivity index (χ2v) is 6.04. The molecule has 1 heterocycles. The molecule has 0 saturated heterocycles. The van der Waals surface area contributed by atoms with Crippen LogP contribution in [0.2, 0.25) is 10.0 Å². The molecular formula is C14H16Cl2N2. The van der Waals surface area contributed by atoms with Crippen LogP contribution in [-0.4, -0.2) is 30.0 Å². The molecule has 2 nitrogen and oxygen atoms in total. The molecule has 3 rings (SSSR count). The number of hydrogen-bond acceptors (Lipinski definition) is 1. The van der Waals surface area contributed by atoms with Gasteiger partial charge < -0.3 is 9.88 Å². The molecule has 0 amide bonds. The van der Waals surface area contributed by atoms with E-state index in [0.717, 1.165) is 33.8 Å². The van der Waals surface area contributed by atoms with Crippen LogP contribution in [0.1, 0.15) is 17.7 Å². The fourth-order valence-corrected chi connectivity index (χ4v) is 3.35. The van der Waals surface area contributed by atoms with Crippen molar-refractivity contribution in [2.75, 3.05) is 14.1 Å². The molecule has 96 valence electrons. The van der Waals surface area contributed by atoms with Gasteiger partial charge in [-0.3, -0.25) is 0 Å². The summed E-state index contributed by atoms with van der Waals surface area (Å²) in [7, 11) is 4.28. The van der Waals surface area contributed by atoms with Gasteiger partial charge in [-0.15, -0.1) is 0 Å². The van der Waals surface area contributed by atoms with Gasteiger partial charge in [-0.05, 0) is 51.1 Å². The fraction of sp³-hybridized carbons (Fsp3) is 0.429. The Bertz CT molecular complexity index is 601. The smallest absolute Gasteiger partial charge is 0.0663 e. The van der Waals surface area contributed by atoms with E-state index in [2.05, 4.69) is 24.0 Å². The molecule has 0 bridgehead atoms. The maximum absolute atomic E-state index is 6.34. The fourth-order valence-electron chi connectivity index (χ4n) is 2.87. The number of nitrogens with zero attached hydrogens (tertiary/aromatic N) is 1. The number of aromatic nitrogens is 1. The van der Waals surface area contributed by atoms with Crippen LogP contribution in [0.5, 0.6) is 0 Å². The van der Waals surface area contributed by atoms with Gasteiger partial charge in [0.15, 0.2) is 0 Å². The van der Waals surface area contributed by atoms with Crippen LogP contribution in [0.3, 0.4) is 0 Å². The lowest BCUT2D eigenvalue weighted by Crippen LogP contribution is -2.33. The maximum atomic E-state index is 6.34. The molecule has 4 heteroatoms. The number of nitrogens with one attached hydrogen (secondary N) is 1. The van der Waals surface area contributed by atoms with Gasteiger partial charge in [0, 0.05) is 17.1 Å². The van der Waals surface area contributed by atoms with Crippen LogP contribution in [-0.2, 0) is 12.8 Å². The number of fused-ring (bicyclic) bond motifs is 3. The van der Waals surface area contributed by atoms with Crippen LogP contribution in [0.4, 0.5) is 0 Å². The monoisotopic (exact) mass is 282 g/mol. The molecular weight excluding hydrogens is 267 g/mol. The Labute approximate surface area is 117 Å². The lowest BCUT2D eigenvalue weighted by molar-refractivity contribution is 0.268. The molecule has 1 aromatic carbocycles. The van der Waals surface area contributed by atoms with Crippen molar-refractivity contribution < 1.29 is 0 Å². The van der Waals surface area contributed by atoms with E-state index in [-0.39, 0.29) is 0 Å². The highest BCUT2D eigenvalue weighted by Crippen LogP contribution is 2.37. The third kappa shape index (κ3) is 1.83. The summed E-state index contributed by atoms with van der Waals surface area (Å²) in [6.07, 6.45) is 3.30. The molecule has 0 aliphatic heterocycles. The molecule has 1 unspecified atom stereocenters. The predicted molar refractivity (Wildman–Crippen MR) is 77.8 cm³/mol. The van der Waals surface area contributed by atoms with E-state index in [1.807, 2.05) is 12.1 Å². The van der Waals surface area contributed by atoms with E-state index in [4.69, 9.17) is 23.2 Å². The zero-order chi connectivity index (χ0) is 12.9. The van der Waals surface area contributed by atoms with Gasteiger partial charge in [-0.2, -0.15) is 0 Å². The topological polar surface area (TPSA) is 19.0 Å². The average molecular weight is 283 g/mol. The maximum Gasteiger partial charge on any atom is 0.0663 e. The van der Waals surface area contributed by atoms with Crippen molar-refractivity contribution in [2.45, 2.75) is 25.3 Å². The largest absolute Gasteiger partial charge is 0.357 e. The van der Waals surface area contributed by atoms with Crippen LogP contribution < -0.4 is 0 Å². The van der Waals surface area contributed by atoms with Gasteiger partial charge in [0.25, 0.3) is 0 Å². The first-order valence-corrected chi connectivity index (χ1v) is 6.97. The third-order valence-corrected chi connectivity index (χ3v) is 4.57. The van der Waals surface area contributed by atoms with E-state index < -0.39 is 0 Å². The molecule has 0 saturated carbocycles. The summed E-state index contributed by atoms with van der Waals surface area (Å²) in [6, 6.07) is 4.34. The highest BCUT2D eigenvalue weighted by Gasteiger charge is 2.25. The van der Waals surface area contributed by atoms with Crippen LogP contribution in [0, 0.1) is 0 Å². The Balaban J connectivity index is 2.18. The number of aromatic amines is 1. The van der Waals surface area contributed by atoms with Crippen molar-refractivity contribution in [3.8, 4) is 0 Å². The summed E-state index contributed by atoms with van der Waals surface area (Å²) < 4.78 is 0. The van der Waals surface area contributed by atoms with Crippen LogP contribution in [0.25, 0.3) is 10.9 Å². The summed E-state index contributed by atoms with van der Waals surface area (Å²) in [6.45, 7) is 0. The van der Waals surface area contributed by atoms with E-state index in [9.17, 15) is 0 Å². The zero-order valence-corrected chi connectivity index (χ0v) is 12.1. The summed E-state index contributed by atoms with van der Waals surface area (Å²) in [5.74, 6) is 0. The molecule has 1 aliphatic carbocycles. The highest BCUT2D eigenvalue weighted by molar-refractivity contribution is 6.40. The molecule has 0 spiro atoms. The number of rotatable bonds is 1. The molecule has 18 heavy (non-hydrogen) atoms. The van der Waals surface area contributed by atoms with Gasteiger partial charge in [-0.25, -0.2) is 0 Å². The van der Waals surface area contributed by atoms with E-state index in [0.29, 0.717) is 6.04 Å². The van der Waals surface area contributed by atoms with E-state index in [1.54, 1.807) is 0 Å². The Morgan fingerprint density at radius 1 is 1.22 bits per heavy atom. The highest BCUT2D eigenvalue weighted by atomic mass is 35.5. The number of halogens is 2. The lowest BCUT2D eigenvalue weighted by Gasteiger charge is -2.28. The van der Waals surface area contributed by atoms with Gasteiger partial charge in [0.1, 0.15) is 0 Å². The number of aryl methyl sites for hydroxylation is 1. The van der Waals surface area contributed by atoms with Crippen molar-refractivity contribution in [2.24, 2.45) is 0 Å². The third-order valence-electron chi connectivity index (χ3n) is 3.94. The molecule has 0 fully saturated rings. The minimum atomic E-state index is 0.589. The first-order valence-electron chi connectivity index (χ1n) is 6.21. The molecule has 2 aromatic rings. The first-order chi connectivity index (χ1) is 8.58. The Kier molecular flexibility index (Phi) is 3.05. The SMILES string of the molecule is CN(C)C1CCc2[nH]c3c(Cl)ccc(Cl)c3c2C1. The lowest BCUT2D eigenvalue weighted by atomic mass is 9.91. The van der Waals surface area contributed by atoms with Crippen LogP contribution in [0.15, 0.2) is 12.1 Å². The van der Waals surface area contributed by atoms with Crippen molar-refractivity contribution >= 4 is 34.1 Å². The molecule has 1 aromatic heterocycles. The molecule has 1 atom stereocenters. The number of likely N-dealkylation sites (N-methyl/N-ethyl adjacent to an activating group) is 1. The minimum absolute atomic E-state index is 0.589. The minimum Gasteiger partial charge on any atom is -0.357 e. The molecule has 0 radical (unpaired) electrons. The normalized spacial score (nSPS) is 19.5. The number of benzene rings is 1. The summed E-state index contributed by atoms with van der Waals surface area (Å²) >= 11 is 12.6. The van der Waals surface area contributed by atoms with Gasteiger partial charge in [-0.1, -0.05) is 23.2 Å². The van der Waals surface area contributed by atoms with Crippen molar-refractivity contribution in [3.05, 3.63) is 33.4 Å². The van der Waals surface area contributed by atoms with E-state index in [1.165, 1.54) is 17.7 Å². The molecule has 1 N–H and O–H groups in total. The number of H-pyrrole nitrogens is 1. The summed E-state index contributed by atoms with van der Waals surface area (Å²) in [5.41, 5.74) is 3.65. The summed E-state index contributed by atoms with van der Waals surface area (Å²) in [5, 5.41) is 2.67. The quantitative estimate of drug-likeness (QED) is 0.841.